The van der Waals surface area contributed by atoms with Crippen molar-refractivity contribution in [3.05, 3.63) is 30.3 Å². The number of nitrogens with one attached hydrogen (secondary N) is 1. The Bertz CT molecular complexity index is 353. The van der Waals surface area contributed by atoms with Gasteiger partial charge in [-0.1, -0.05) is 18.2 Å². The van der Waals surface area contributed by atoms with E-state index in [1.54, 1.807) is 23.1 Å². The monoisotopic (exact) mass is 220 g/mol. The maximum absolute atomic E-state index is 11.3. The van der Waals surface area contributed by atoms with Gasteiger partial charge in [0.05, 0.1) is 5.30 Å². The number of benzene rings is 1. The fourth-order valence-corrected chi connectivity index (χ4v) is 2.77. The van der Waals surface area contributed by atoms with Gasteiger partial charge in [-0.2, -0.15) is 0 Å². The molecule has 0 heterocycles. The standard InChI is InChI=1S/C6H7NO4P2/c8-12(9)7-13(10,11)6-4-2-1-3-5-6/h1-5H,(H2-,7,8,9,10,11)/p+1. The summed E-state index contributed by atoms with van der Waals surface area (Å²) in [5.41, 5.74) is 0. The van der Waals surface area contributed by atoms with E-state index in [1.165, 1.54) is 12.1 Å². The van der Waals surface area contributed by atoms with Crippen LogP contribution in [0.2, 0.25) is 0 Å². The Morgan fingerprint density at radius 3 is 2.31 bits per heavy atom. The topological polar surface area (TPSA) is 86.6 Å². The summed E-state index contributed by atoms with van der Waals surface area (Å²) in [5, 5.41) is 0.104. The third-order valence-electron chi connectivity index (χ3n) is 1.33. The van der Waals surface area contributed by atoms with Gasteiger partial charge in [0.1, 0.15) is 0 Å². The maximum Gasteiger partial charge on any atom is 0.619 e. The van der Waals surface area contributed by atoms with Crippen LogP contribution in [0.1, 0.15) is 0 Å². The van der Waals surface area contributed by atoms with Gasteiger partial charge in [0.2, 0.25) is 0 Å². The molecule has 1 aromatic carbocycles. The lowest BCUT2D eigenvalue weighted by atomic mass is 10.4. The average Bonchev–Trinajstić information content (AvgIpc) is 2.04. The molecule has 0 saturated carbocycles. The second-order valence-corrected chi connectivity index (χ2v) is 5.30. The maximum atomic E-state index is 11.3. The minimum atomic E-state index is -3.88. The van der Waals surface area contributed by atoms with Crippen LogP contribution in [-0.2, 0) is 9.13 Å². The lowest BCUT2D eigenvalue weighted by Gasteiger charge is -2.03. The van der Waals surface area contributed by atoms with Gasteiger partial charge in [0.25, 0.3) is 0 Å². The molecule has 13 heavy (non-hydrogen) atoms. The van der Waals surface area contributed by atoms with E-state index in [0.29, 0.717) is 0 Å². The Labute approximate surface area is 75.8 Å². The fourth-order valence-electron chi connectivity index (χ4n) is 0.804. The van der Waals surface area contributed by atoms with E-state index in [-0.39, 0.29) is 5.30 Å². The number of rotatable bonds is 3. The summed E-state index contributed by atoms with van der Waals surface area (Å²) in [7, 11) is -6.71. The fraction of sp³-hybridized carbons (Fsp3) is 0. The smallest absolute Gasteiger partial charge is 0.328 e. The lowest BCUT2D eigenvalue weighted by Crippen LogP contribution is -2.12. The van der Waals surface area contributed by atoms with Crippen LogP contribution in [0.15, 0.2) is 30.3 Å². The molecule has 0 bridgehead atoms. The van der Waals surface area contributed by atoms with E-state index in [1.807, 2.05) is 0 Å². The van der Waals surface area contributed by atoms with Crippen molar-refractivity contribution in [2.75, 3.05) is 0 Å². The minimum absolute atomic E-state index is 0.104. The quantitative estimate of drug-likeness (QED) is 0.654. The van der Waals surface area contributed by atoms with Gasteiger partial charge in [-0.3, -0.25) is 4.57 Å². The third-order valence-corrected chi connectivity index (χ3v) is 4.09. The molecule has 3 N–H and O–H groups in total. The molecule has 70 valence electrons. The largest absolute Gasteiger partial charge is 0.619 e. The van der Waals surface area contributed by atoms with Crippen molar-refractivity contribution in [3.8, 4) is 0 Å². The summed E-state index contributed by atoms with van der Waals surface area (Å²) in [6, 6.07) is 7.65. The predicted octanol–water partition coefficient (Wildman–Crippen LogP) is 0.737. The first-order chi connectivity index (χ1) is 6.02. The Balaban J connectivity index is 2.95. The van der Waals surface area contributed by atoms with Crippen LogP contribution in [0.5, 0.6) is 0 Å². The van der Waals surface area contributed by atoms with E-state index < -0.39 is 15.7 Å². The molecule has 0 amide bonds. The van der Waals surface area contributed by atoms with Gasteiger partial charge in [-0.25, -0.2) is 0 Å². The minimum Gasteiger partial charge on any atom is -0.328 e. The molecule has 0 fully saturated rings. The lowest BCUT2D eigenvalue weighted by molar-refractivity contribution is 0.471. The van der Waals surface area contributed by atoms with Gasteiger partial charge >= 0.3 is 15.7 Å². The highest BCUT2D eigenvalue weighted by atomic mass is 31.2. The van der Waals surface area contributed by atoms with Crippen LogP contribution in [-0.4, -0.2) is 9.79 Å². The molecule has 7 heteroatoms. The second-order valence-electron chi connectivity index (χ2n) is 2.28. The Morgan fingerprint density at radius 1 is 1.31 bits per heavy atom. The summed E-state index contributed by atoms with van der Waals surface area (Å²) in [6.45, 7) is 0. The number of hydrogen-bond acceptors (Lipinski definition) is 2. The molecule has 5 nitrogen and oxygen atoms in total. The molecule has 1 rings (SSSR count). The SMILES string of the molecule is O=[P+](O)NP(=O)(O)c1ccccc1. The molecule has 2 atom stereocenters. The summed E-state index contributed by atoms with van der Waals surface area (Å²) >= 11 is 0. The van der Waals surface area contributed by atoms with Crippen LogP contribution < -0.4 is 10.2 Å². The van der Waals surface area contributed by atoms with Crippen molar-refractivity contribution in [1.82, 2.24) is 4.86 Å². The predicted molar refractivity (Wildman–Crippen MR) is 48.9 cm³/mol. The number of hydrogen-bond donors (Lipinski definition) is 3. The van der Waals surface area contributed by atoms with Gasteiger partial charge in [0, 0.05) is 4.86 Å². The molecular weight excluding hydrogens is 212 g/mol. The van der Waals surface area contributed by atoms with Crippen LogP contribution >= 0.6 is 15.7 Å². The Morgan fingerprint density at radius 2 is 1.85 bits per heavy atom. The first-order valence-corrected chi connectivity index (χ1v) is 6.22. The van der Waals surface area contributed by atoms with E-state index in [2.05, 4.69) is 0 Å². The van der Waals surface area contributed by atoms with Crippen LogP contribution in [0.25, 0.3) is 0 Å². The average molecular weight is 220 g/mol. The molecule has 1 aromatic rings. The molecule has 2 unspecified atom stereocenters. The summed E-state index contributed by atoms with van der Waals surface area (Å²) < 4.78 is 21.6. The van der Waals surface area contributed by atoms with Gasteiger partial charge in [-0.05, 0) is 16.7 Å². The zero-order valence-corrected chi connectivity index (χ0v) is 8.28. The highest BCUT2D eigenvalue weighted by molar-refractivity contribution is 7.70. The van der Waals surface area contributed by atoms with E-state index in [9.17, 15) is 14.0 Å². The van der Waals surface area contributed by atoms with Gasteiger partial charge < -0.3 is 4.89 Å². The molecule has 0 aliphatic rings. The van der Waals surface area contributed by atoms with Crippen molar-refractivity contribution in [3.63, 3.8) is 0 Å². The molecule has 0 aliphatic heterocycles. The summed E-state index contributed by atoms with van der Waals surface area (Å²) in [5.74, 6) is 0. The zero-order valence-electron chi connectivity index (χ0n) is 6.49. The normalized spacial score (nSPS) is 16.3. The van der Waals surface area contributed by atoms with Crippen LogP contribution in [0.3, 0.4) is 0 Å². The van der Waals surface area contributed by atoms with E-state index in [4.69, 9.17) is 4.89 Å². The molecule has 0 spiro atoms. The first-order valence-electron chi connectivity index (χ1n) is 3.35. The summed E-state index contributed by atoms with van der Waals surface area (Å²) in [6.07, 6.45) is 0. The highest BCUT2D eigenvalue weighted by Crippen LogP contribution is 2.39. The van der Waals surface area contributed by atoms with E-state index >= 15 is 0 Å². The van der Waals surface area contributed by atoms with Crippen LogP contribution in [0.4, 0.5) is 0 Å². The van der Waals surface area contributed by atoms with Crippen molar-refractivity contribution in [2.24, 2.45) is 0 Å². The van der Waals surface area contributed by atoms with Gasteiger partial charge in [-0.15, -0.1) is 4.89 Å². The Hall–Kier alpha value is -0.570. The first kappa shape index (κ1) is 10.5. The van der Waals surface area contributed by atoms with Crippen molar-refractivity contribution < 1.29 is 18.9 Å². The van der Waals surface area contributed by atoms with E-state index in [0.717, 1.165) is 0 Å². The van der Waals surface area contributed by atoms with Crippen LogP contribution in [0, 0.1) is 0 Å². The van der Waals surface area contributed by atoms with Crippen molar-refractivity contribution in [1.29, 1.82) is 0 Å². The Kier molecular flexibility index (Phi) is 3.31. The molecule has 0 aromatic heterocycles. The molecule has 0 aliphatic carbocycles. The highest BCUT2D eigenvalue weighted by Gasteiger charge is 2.30. The summed E-state index contributed by atoms with van der Waals surface area (Å²) in [4.78, 5) is 19.4. The molecular formula is C6H8NO4P2+. The van der Waals surface area contributed by atoms with Gasteiger partial charge in [0.15, 0.2) is 0 Å². The second kappa shape index (κ2) is 4.09. The third kappa shape index (κ3) is 2.99. The van der Waals surface area contributed by atoms with Crippen molar-refractivity contribution >= 4 is 21.0 Å². The van der Waals surface area contributed by atoms with Crippen molar-refractivity contribution in [2.45, 2.75) is 0 Å². The molecule has 0 radical (unpaired) electrons. The zero-order chi connectivity index (χ0) is 9.90. The molecule has 0 saturated heterocycles.